The summed E-state index contributed by atoms with van der Waals surface area (Å²) in [5, 5.41) is 0. The smallest absolute Gasteiger partial charge is 0.338 e. The molecule has 1 aromatic rings. The molecule has 0 saturated carbocycles. The van der Waals surface area contributed by atoms with E-state index >= 15 is 0 Å². The lowest BCUT2D eigenvalue weighted by Gasteiger charge is -2.12. The third kappa shape index (κ3) is 3.52. The SMILES string of the molecule is Cc1c(Br)cc(C(=O)OC2CCOC2)cc1S(=O)(=O)Cl. The van der Waals surface area contributed by atoms with Crippen LogP contribution in [0.3, 0.4) is 0 Å². The van der Waals surface area contributed by atoms with Crippen molar-refractivity contribution in [1.29, 1.82) is 0 Å². The first-order valence-electron chi connectivity index (χ1n) is 5.82. The van der Waals surface area contributed by atoms with Crippen molar-refractivity contribution in [2.24, 2.45) is 0 Å². The minimum Gasteiger partial charge on any atom is -0.456 e. The third-order valence-electron chi connectivity index (χ3n) is 2.96. The number of ether oxygens (including phenoxy) is 2. The van der Waals surface area contributed by atoms with E-state index in [9.17, 15) is 13.2 Å². The lowest BCUT2D eigenvalue weighted by Crippen LogP contribution is -2.18. The van der Waals surface area contributed by atoms with Crippen molar-refractivity contribution in [3.8, 4) is 0 Å². The number of carbonyl (C=O) groups is 1. The highest BCUT2D eigenvalue weighted by molar-refractivity contribution is 9.10. The van der Waals surface area contributed by atoms with Gasteiger partial charge in [0.1, 0.15) is 6.10 Å². The Kier molecular flexibility index (Phi) is 4.73. The first-order valence-corrected chi connectivity index (χ1v) is 8.93. The van der Waals surface area contributed by atoms with Crippen LogP contribution in [0.1, 0.15) is 22.3 Å². The number of benzene rings is 1. The largest absolute Gasteiger partial charge is 0.456 e. The summed E-state index contributed by atoms with van der Waals surface area (Å²) in [5.74, 6) is -0.595. The second-order valence-corrected chi connectivity index (χ2v) is 7.80. The van der Waals surface area contributed by atoms with Crippen LogP contribution in [0.25, 0.3) is 0 Å². The van der Waals surface area contributed by atoms with Gasteiger partial charge >= 0.3 is 5.97 Å². The summed E-state index contributed by atoms with van der Waals surface area (Å²) in [7, 11) is 1.43. The molecule has 2 rings (SSSR count). The molecule has 0 spiro atoms. The van der Waals surface area contributed by atoms with E-state index in [0.29, 0.717) is 29.7 Å². The minimum absolute atomic E-state index is 0.108. The monoisotopic (exact) mass is 382 g/mol. The van der Waals surface area contributed by atoms with E-state index in [1.54, 1.807) is 6.92 Å². The van der Waals surface area contributed by atoms with E-state index in [1.165, 1.54) is 12.1 Å². The quantitative estimate of drug-likeness (QED) is 0.593. The summed E-state index contributed by atoms with van der Waals surface area (Å²) >= 11 is 3.21. The zero-order valence-corrected chi connectivity index (χ0v) is 13.7. The molecule has 1 fully saturated rings. The van der Waals surface area contributed by atoms with Crippen LogP contribution in [0.15, 0.2) is 21.5 Å². The van der Waals surface area contributed by atoms with Crippen molar-refractivity contribution in [2.45, 2.75) is 24.3 Å². The second-order valence-electron chi connectivity index (χ2n) is 4.41. The van der Waals surface area contributed by atoms with E-state index in [0.717, 1.165) is 0 Å². The Labute approximate surface area is 129 Å². The molecule has 0 radical (unpaired) electrons. The number of halogens is 2. The van der Waals surface area contributed by atoms with Crippen LogP contribution in [0.5, 0.6) is 0 Å². The Morgan fingerprint density at radius 3 is 2.75 bits per heavy atom. The maximum atomic E-state index is 12.0. The summed E-state index contributed by atoms with van der Waals surface area (Å²) < 4.78 is 33.8. The van der Waals surface area contributed by atoms with Crippen molar-refractivity contribution in [2.75, 3.05) is 13.2 Å². The van der Waals surface area contributed by atoms with E-state index in [-0.39, 0.29) is 16.6 Å². The summed E-state index contributed by atoms with van der Waals surface area (Å²) in [5.41, 5.74) is 0.578. The second kappa shape index (κ2) is 6.01. The lowest BCUT2D eigenvalue weighted by atomic mass is 10.1. The van der Waals surface area contributed by atoms with Gasteiger partial charge in [0.05, 0.1) is 23.7 Å². The molecule has 0 bridgehead atoms. The van der Waals surface area contributed by atoms with E-state index in [2.05, 4.69) is 15.9 Å². The molecule has 8 heteroatoms. The summed E-state index contributed by atoms with van der Waals surface area (Å²) in [4.78, 5) is 11.9. The topological polar surface area (TPSA) is 69.7 Å². The molecule has 0 aliphatic carbocycles. The molecule has 0 N–H and O–H groups in total. The van der Waals surface area contributed by atoms with Gasteiger partial charge < -0.3 is 9.47 Å². The molecule has 0 amide bonds. The predicted octanol–water partition coefficient (Wildman–Crippen LogP) is 2.63. The fourth-order valence-corrected chi connectivity index (χ4v) is 3.67. The first kappa shape index (κ1) is 15.8. The molecule has 20 heavy (non-hydrogen) atoms. The van der Waals surface area contributed by atoms with E-state index in [4.69, 9.17) is 20.2 Å². The van der Waals surface area contributed by atoms with Crippen molar-refractivity contribution < 1.29 is 22.7 Å². The maximum Gasteiger partial charge on any atom is 0.338 e. The van der Waals surface area contributed by atoms with Crippen LogP contribution >= 0.6 is 26.6 Å². The molecule has 0 aromatic heterocycles. The van der Waals surface area contributed by atoms with Gasteiger partial charge in [-0.05, 0) is 24.6 Å². The molecule has 1 aliphatic heterocycles. The molecule has 1 heterocycles. The molecule has 1 aromatic carbocycles. The van der Waals surface area contributed by atoms with Gasteiger partial charge in [-0.15, -0.1) is 0 Å². The number of hydrogen-bond acceptors (Lipinski definition) is 5. The Balaban J connectivity index is 2.32. The average Bonchev–Trinajstić information content (AvgIpc) is 2.83. The van der Waals surface area contributed by atoms with Gasteiger partial charge in [-0.3, -0.25) is 0 Å². The van der Waals surface area contributed by atoms with Gasteiger partial charge in [0, 0.05) is 21.6 Å². The lowest BCUT2D eigenvalue weighted by molar-refractivity contribution is 0.0270. The molecule has 110 valence electrons. The fourth-order valence-electron chi connectivity index (χ4n) is 1.85. The van der Waals surface area contributed by atoms with Crippen LogP contribution in [0.4, 0.5) is 0 Å². The zero-order chi connectivity index (χ0) is 14.9. The van der Waals surface area contributed by atoms with Crippen molar-refractivity contribution in [1.82, 2.24) is 0 Å². The van der Waals surface area contributed by atoms with Crippen molar-refractivity contribution in [3.63, 3.8) is 0 Å². The average molecular weight is 384 g/mol. The minimum atomic E-state index is -3.93. The Hall–Kier alpha value is -0.630. The number of rotatable bonds is 3. The number of carbonyl (C=O) groups excluding carboxylic acids is 1. The fraction of sp³-hybridized carbons (Fsp3) is 0.417. The number of esters is 1. The van der Waals surface area contributed by atoms with Gasteiger partial charge in [-0.25, -0.2) is 13.2 Å². The zero-order valence-electron chi connectivity index (χ0n) is 10.6. The molecule has 1 unspecified atom stereocenters. The molecule has 1 aliphatic rings. The highest BCUT2D eigenvalue weighted by atomic mass is 79.9. The van der Waals surface area contributed by atoms with E-state index in [1.807, 2.05) is 0 Å². The van der Waals surface area contributed by atoms with Crippen LogP contribution in [0, 0.1) is 6.92 Å². The van der Waals surface area contributed by atoms with Gasteiger partial charge in [0.2, 0.25) is 0 Å². The van der Waals surface area contributed by atoms with Gasteiger partial charge in [-0.2, -0.15) is 0 Å². The van der Waals surface area contributed by atoms with Crippen molar-refractivity contribution >= 4 is 41.6 Å². The van der Waals surface area contributed by atoms with Gasteiger partial charge in [0.15, 0.2) is 0 Å². The summed E-state index contributed by atoms with van der Waals surface area (Å²) in [6.45, 7) is 2.51. The number of hydrogen-bond donors (Lipinski definition) is 0. The highest BCUT2D eigenvalue weighted by Gasteiger charge is 2.24. The molecule has 5 nitrogen and oxygen atoms in total. The van der Waals surface area contributed by atoms with Gasteiger partial charge in [-0.1, -0.05) is 15.9 Å². The van der Waals surface area contributed by atoms with Crippen LogP contribution in [0.2, 0.25) is 0 Å². The van der Waals surface area contributed by atoms with Crippen molar-refractivity contribution in [3.05, 3.63) is 27.7 Å². The highest BCUT2D eigenvalue weighted by Crippen LogP contribution is 2.28. The van der Waals surface area contributed by atoms with Gasteiger partial charge in [0.25, 0.3) is 9.05 Å². The van der Waals surface area contributed by atoms with Crippen LogP contribution in [-0.2, 0) is 18.5 Å². The molecule has 1 atom stereocenters. The van der Waals surface area contributed by atoms with E-state index < -0.39 is 15.0 Å². The molecule has 1 saturated heterocycles. The van der Waals surface area contributed by atoms with Crippen LogP contribution in [-0.4, -0.2) is 33.7 Å². The maximum absolute atomic E-state index is 12.0. The standard InChI is InChI=1S/C12H12BrClO5S/c1-7-10(13)4-8(5-11(7)20(14,16)17)12(15)19-9-2-3-18-6-9/h4-5,9H,2-3,6H2,1H3. The summed E-state index contributed by atoms with van der Waals surface area (Å²) in [6, 6.07) is 2.74. The Morgan fingerprint density at radius 1 is 1.50 bits per heavy atom. The first-order chi connectivity index (χ1) is 9.29. The normalized spacial score (nSPS) is 19.1. The van der Waals surface area contributed by atoms with Crippen LogP contribution < -0.4 is 0 Å². The molecular formula is C12H12BrClO5S. The summed E-state index contributed by atoms with van der Waals surface area (Å²) in [6.07, 6.45) is 0.345. The predicted molar refractivity (Wildman–Crippen MR) is 76.6 cm³/mol. The third-order valence-corrected chi connectivity index (χ3v) is 5.23. The Bertz CT molecular complexity index is 637. The Morgan fingerprint density at radius 2 is 2.20 bits per heavy atom. The molecular weight excluding hydrogens is 372 g/mol.